The molecule has 3 rings (SSSR count). The van der Waals surface area contributed by atoms with Crippen LogP contribution in [0.4, 0.5) is 5.69 Å². The number of esters is 1. The molecular weight excluding hydrogens is 394 g/mol. The maximum Gasteiger partial charge on any atom is 0.344 e. The Labute approximate surface area is 152 Å². The lowest BCUT2D eigenvalue weighted by molar-refractivity contribution is -0.147. The van der Waals surface area contributed by atoms with Crippen LogP contribution < -0.4 is 9.64 Å². The van der Waals surface area contributed by atoms with Crippen LogP contribution in [0.1, 0.15) is 18.4 Å². The molecule has 1 saturated heterocycles. The molecule has 0 radical (unpaired) electrons. The molecule has 0 saturated carbocycles. The van der Waals surface area contributed by atoms with Crippen molar-refractivity contribution in [2.75, 3.05) is 18.1 Å². The van der Waals surface area contributed by atoms with E-state index in [4.69, 9.17) is 9.47 Å². The SMILES string of the molecule is O=C(COc1ccc(N2CCCC2=O)cc1)OCc1csc(Br)c1. The zero-order valence-corrected chi connectivity index (χ0v) is 15.3. The Morgan fingerprint density at radius 2 is 2.08 bits per heavy atom. The number of thiophene rings is 1. The second-order valence-electron chi connectivity index (χ2n) is 5.35. The highest BCUT2D eigenvalue weighted by Crippen LogP contribution is 2.24. The molecule has 0 aliphatic carbocycles. The number of carbonyl (C=O) groups excluding carboxylic acids is 2. The quantitative estimate of drug-likeness (QED) is 0.681. The van der Waals surface area contributed by atoms with E-state index < -0.39 is 5.97 Å². The van der Waals surface area contributed by atoms with E-state index in [1.165, 1.54) is 0 Å². The number of hydrogen-bond acceptors (Lipinski definition) is 5. The first kappa shape index (κ1) is 17.0. The van der Waals surface area contributed by atoms with Crippen LogP contribution in [0.3, 0.4) is 0 Å². The molecule has 1 fully saturated rings. The minimum absolute atomic E-state index is 0.146. The van der Waals surface area contributed by atoms with Crippen molar-refractivity contribution in [3.8, 4) is 5.75 Å². The smallest absolute Gasteiger partial charge is 0.344 e. The highest BCUT2D eigenvalue weighted by atomic mass is 79.9. The summed E-state index contributed by atoms with van der Waals surface area (Å²) in [6.07, 6.45) is 1.49. The van der Waals surface area contributed by atoms with Crippen molar-refractivity contribution in [2.24, 2.45) is 0 Å². The molecule has 0 unspecified atom stereocenters. The van der Waals surface area contributed by atoms with Gasteiger partial charge < -0.3 is 14.4 Å². The van der Waals surface area contributed by atoms with Crippen molar-refractivity contribution in [3.63, 3.8) is 0 Å². The lowest BCUT2D eigenvalue weighted by Gasteiger charge is -2.16. The highest BCUT2D eigenvalue weighted by Gasteiger charge is 2.21. The first-order chi connectivity index (χ1) is 11.6. The minimum atomic E-state index is -0.420. The normalized spacial score (nSPS) is 14.0. The maximum atomic E-state index is 11.7. The van der Waals surface area contributed by atoms with Gasteiger partial charge >= 0.3 is 5.97 Å². The van der Waals surface area contributed by atoms with Gasteiger partial charge in [0.15, 0.2) is 6.61 Å². The monoisotopic (exact) mass is 409 g/mol. The first-order valence-corrected chi connectivity index (χ1v) is 9.21. The number of rotatable bonds is 6. The summed E-state index contributed by atoms with van der Waals surface area (Å²) < 4.78 is 11.6. The summed E-state index contributed by atoms with van der Waals surface area (Å²) >= 11 is 4.91. The molecule has 24 heavy (non-hydrogen) atoms. The second-order valence-corrected chi connectivity index (χ2v) is 7.64. The molecule has 1 aromatic carbocycles. The summed E-state index contributed by atoms with van der Waals surface area (Å²) in [6.45, 7) is 0.845. The van der Waals surface area contributed by atoms with Gasteiger partial charge in [-0.2, -0.15) is 0 Å². The van der Waals surface area contributed by atoms with Gasteiger partial charge in [0, 0.05) is 24.2 Å². The Kier molecular flexibility index (Phi) is 5.52. The van der Waals surface area contributed by atoms with E-state index in [9.17, 15) is 9.59 Å². The van der Waals surface area contributed by atoms with Gasteiger partial charge in [0.05, 0.1) is 3.79 Å². The third-order valence-corrected chi connectivity index (χ3v) is 5.15. The fourth-order valence-corrected chi connectivity index (χ4v) is 3.61. The number of nitrogens with zero attached hydrogens (tertiary/aromatic N) is 1. The van der Waals surface area contributed by atoms with E-state index in [0.29, 0.717) is 12.2 Å². The fraction of sp³-hybridized carbons (Fsp3) is 0.294. The molecule has 0 spiro atoms. The average Bonchev–Trinajstić information content (AvgIpc) is 3.20. The number of carbonyl (C=O) groups is 2. The molecule has 126 valence electrons. The Bertz CT molecular complexity index is 728. The van der Waals surface area contributed by atoms with Crippen molar-refractivity contribution in [2.45, 2.75) is 19.4 Å². The van der Waals surface area contributed by atoms with Crippen molar-refractivity contribution in [1.29, 1.82) is 0 Å². The van der Waals surface area contributed by atoms with Crippen molar-refractivity contribution in [3.05, 3.63) is 45.1 Å². The minimum Gasteiger partial charge on any atom is -0.482 e. The molecule has 2 aromatic rings. The zero-order valence-electron chi connectivity index (χ0n) is 12.9. The summed E-state index contributed by atoms with van der Waals surface area (Å²) in [7, 11) is 0. The fourth-order valence-electron chi connectivity index (χ4n) is 2.41. The summed E-state index contributed by atoms with van der Waals surface area (Å²) in [5.74, 6) is 0.295. The lowest BCUT2D eigenvalue weighted by Crippen LogP contribution is -2.23. The van der Waals surface area contributed by atoms with Crippen LogP contribution in [0, 0.1) is 0 Å². The van der Waals surface area contributed by atoms with E-state index in [1.54, 1.807) is 28.4 Å². The van der Waals surface area contributed by atoms with E-state index in [-0.39, 0.29) is 19.1 Å². The Hall–Kier alpha value is -1.86. The molecule has 1 aliphatic rings. The van der Waals surface area contributed by atoms with Crippen LogP contribution in [-0.4, -0.2) is 25.0 Å². The molecule has 1 amide bonds. The predicted octanol–water partition coefficient (Wildman–Crippen LogP) is 3.76. The van der Waals surface area contributed by atoms with E-state index in [1.807, 2.05) is 23.6 Å². The van der Waals surface area contributed by atoms with Gasteiger partial charge in [-0.05, 0) is 58.1 Å². The van der Waals surface area contributed by atoms with Gasteiger partial charge in [-0.15, -0.1) is 11.3 Å². The van der Waals surface area contributed by atoms with Gasteiger partial charge in [-0.3, -0.25) is 4.79 Å². The molecule has 5 nitrogen and oxygen atoms in total. The predicted molar refractivity (Wildman–Crippen MR) is 95.3 cm³/mol. The van der Waals surface area contributed by atoms with Crippen LogP contribution in [-0.2, 0) is 20.9 Å². The van der Waals surface area contributed by atoms with E-state index in [2.05, 4.69) is 15.9 Å². The number of hydrogen-bond donors (Lipinski definition) is 0. The number of halogens is 1. The molecule has 0 atom stereocenters. The third kappa shape index (κ3) is 4.36. The number of benzene rings is 1. The van der Waals surface area contributed by atoms with Gasteiger partial charge in [0.25, 0.3) is 0 Å². The van der Waals surface area contributed by atoms with Gasteiger partial charge in [-0.25, -0.2) is 4.79 Å². The Balaban J connectivity index is 1.46. The molecular formula is C17H16BrNO4S. The summed E-state index contributed by atoms with van der Waals surface area (Å²) in [5.41, 5.74) is 1.80. The summed E-state index contributed by atoms with van der Waals surface area (Å²) in [4.78, 5) is 25.2. The number of amides is 1. The lowest BCUT2D eigenvalue weighted by atomic mass is 10.3. The Morgan fingerprint density at radius 3 is 2.71 bits per heavy atom. The summed E-state index contributed by atoms with van der Waals surface area (Å²) in [6, 6.07) is 9.07. The van der Waals surface area contributed by atoms with Gasteiger partial charge in [0.2, 0.25) is 5.91 Å². The molecule has 7 heteroatoms. The Morgan fingerprint density at radius 1 is 1.29 bits per heavy atom. The molecule has 0 N–H and O–H groups in total. The zero-order chi connectivity index (χ0) is 16.9. The average molecular weight is 410 g/mol. The third-order valence-electron chi connectivity index (χ3n) is 3.60. The topological polar surface area (TPSA) is 55.8 Å². The summed E-state index contributed by atoms with van der Waals surface area (Å²) in [5, 5.41) is 1.93. The highest BCUT2D eigenvalue weighted by molar-refractivity contribution is 9.11. The molecule has 2 heterocycles. The van der Waals surface area contributed by atoms with E-state index in [0.717, 1.165) is 28.0 Å². The van der Waals surface area contributed by atoms with Crippen LogP contribution in [0.15, 0.2) is 39.5 Å². The van der Waals surface area contributed by atoms with Crippen molar-refractivity contribution >= 4 is 44.8 Å². The van der Waals surface area contributed by atoms with Crippen LogP contribution >= 0.6 is 27.3 Å². The van der Waals surface area contributed by atoms with Crippen molar-refractivity contribution in [1.82, 2.24) is 0 Å². The van der Waals surface area contributed by atoms with Crippen LogP contribution in [0.5, 0.6) is 5.75 Å². The van der Waals surface area contributed by atoms with Gasteiger partial charge in [0.1, 0.15) is 12.4 Å². The van der Waals surface area contributed by atoms with Crippen LogP contribution in [0.2, 0.25) is 0 Å². The molecule has 1 aliphatic heterocycles. The number of anilines is 1. The number of ether oxygens (including phenoxy) is 2. The van der Waals surface area contributed by atoms with Gasteiger partial charge in [-0.1, -0.05) is 0 Å². The standard InChI is InChI=1S/C17H16BrNO4S/c18-15-8-12(11-24-15)9-23-17(21)10-22-14-5-3-13(4-6-14)19-7-1-2-16(19)20/h3-6,8,11H,1-2,7,9-10H2. The van der Waals surface area contributed by atoms with E-state index >= 15 is 0 Å². The molecule has 1 aromatic heterocycles. The first-order valence-electron chi connectivity index (χ1n) is 7.53. The van der Waals surface area contributed by atoms with Crippen molar-refractivity contribution < 1.29 is 19.1 Å². The second kappa shape index (κ2) is 7.81. The largest absolute Gasteiger partial charge is 0.482 e. The van der Waals surface area contributed by atoms with Crippen LogP contribution in [0.25, 0.3) is 0 Å². The molecule has 0 bridgehead atoms. The maximum absolute atomic E-state index is 11.7.